The Morgan fingerprint density at radius 1 is 0.881 bits per heavy atom. The average Bonchev–Trinajstić information content (AvgIpc) is 1.53. The second kappa shape index (κ2) is 38.1. The fourth-order valence-electron chi connectivity index (χ4n) is 9.40. The number of urea groups is 1. The van der Waals surface area contributed by atoms with Crippen molar-refractivity contribution in [2.75, 3.05) is 82.8 Å². The lowest BCUT2D eigenvalue weighted by molar-refractivity contribution is -0.143. The minimum atomic E-state index is -5.80. The molecule has 3 amide bonds. The van der Waals surface area contributed by atoms with Crippen LogP contribution in [0, 0.1) is 17.3 Å². The number of nitrogens with two attached hydrogens (primary N) is 2. The minimum Gasteiger partial charge on any atom is -0.478 e. The number of hydrogen-bond donors (Lipinski definition) is 12. The molecule has 45 heteroatoms. The number of aromatic carboxylic acids is 1. The van der Waals surface area contributed by atoms with Gasteiger partial charge >= 0.3 is 47.5 Å². The maximum atomic E-state index is 13.5. The highest BCUT2D eigenvalue weighted by molar-refractivity contribution is 8.77. The molecule has 14 N–H and O–H groups in total. The standard InChI is InChI=1S/C56H75N6O30P3S6/c1-4-99(96)33-87-43-29-45(89-44(43)31-88-94(72,73)92-95(74,75)91-93(69,70)71)62-30-35(52(59)61-54(62)67)10-5-6-12-46(64)85-23-8-7-21-84-32-97-98-56(2,3)19-24-86-55(68)60-20-25-83-27-26-82-22-9-11-42(63)34-13-14-36(53(65)66)39(28-34)47-37-15-17-40(57)50(100(76,77)78)48(37)90-49-38(47)16-18-41(58)51(49)101(79,80)81/h13-18,28,30,43-45,52,57H,4,6-9,11-12,19-27,29,31-33,58-59H2,1-3H3,(H,60,68)(H,61,67)(H,65,66)(H,72,73)(H,74,75)(H2,69,70,71)(H,76,77,78)(H,79,80,81)/t43-,44+,45+,52?,99?/m0/s1. The molecule has 4 unspecified atom stereocenters. The number of carbonyl (C=O) groups excluding carboxylic acids is 4. The third-order valence-corrected chi connectivity index (χ3v) is 24.8. The fraction of sp³-hybridized carbons (Fsp3) is 0.500. The molecule has 36 nitrogen and oxygen atoms in total. The quantitative estimate of drug-likeness (QED) is 0.00235. The number of amides is 3. The lowest BCUT2D eigenvalue weighted by Gasteiger charge is -2.32. The molecule has 560 valence electrons. The average molecular weight is 1600 g/mol. The van der Waals surface area contributed by atoms with Crippen molar-refractivity contribution in [1.82, 2.24) is 15.5 Å². The molecule has 0 bridgehead atoms. The number of alkyl carbamates (subject to hydrolysis) is 1. The van der Waals surface area contributed by atoms with Gasteiger partial charge in [-0.3, -0.25) is 33.5 Å². The number of carboxylic acid groups (broad SMARTS) is 1. The number of nitrogen functional groups attached to an aromatic ring is 1. The molecule has 101 heavy (non-hydrogen) atoms. The van der Waals surface area contributed by atoms with E-state index in [0.29, 0.717) is 37.6 Å². The number of benzene rings is 3. The van der Waals surface area contributed by atoms with Gasteiger partial charge in [0, 0.05) is 72.0 Å². The van der Waals surface area contributed by atoms with Crippen LogP contribution in [0.5, 0.6) is 0 Å². The molecule has 4 aliphatic rings. The molecule has 3 aliphatic heterocycles. The molecule has 1 aliphatic carbocycles. The van der Waals surface area contributed by atoms with Gasteiger partial charge in [0.15, 0.2) is 26.9 Å². The molecule has 0 saturated carbocycles. The van der Waals surface area contributed by atoms with Gasteiger partial charge in [-0.15, -0.1) is 0 Å². The van der Waals surface area contributed by atoms with Crippen molar-refractivity contribution in [3.63, 3.8) is 0 Å². The van der Waals surface area contributed by atoms with Crippen LogP contribution in [0.2, 0.25) is 0 Å². The zero-order valence-electron chi connectivity index (χ0n) is 54.0. The molecule has 0 radical (unpaired) electrons. The van der Waals surface area contributed by atoms with E-state index < -0.39 is 152 Å². The van der Waals surface area contributed by atoms with Crippen molar-refractivity contribution in [3.05, 3.63) is 70.7 Å². The summed E-state index contributed by atoms with van der Waals surface area (Å²) in [6.07, 6.45) is -1.85. The van der Waals surface area contributed by atoms with Crippen molar-refractivity contribution in [1.29, 1.82) is 5.41 Å². The maximum absolute atomic E-state index is 13.5. The second-order valence-electron chi connectivity index (χ2n) is 22.2. The molecule has 7 atom stereocenters. The first-order valence-electron chi connectivity index (χ1n) is 30.1. The Morgan fingerprint density at radius 3 is 2.26 bits per heavy atom. The van der Waals surface area contributed by atoms with Gasteiger partial charge in [0.1, 0.15) is 24.4 Å². The van der Waals surface area contributed by atoms with E-state index in [0.717, 1.165) is 23.1 Å². The van der Waals surface area contributed by atoms with Gasteiger partial charge in [-0.05, 0) is 98.4 Å². The van der Waals surface area contributed by atoms with Gasteiger partial charge < -0.3 is 84.4 Å². The summed E-state index contributed by atoms with van der Waals surface area (Å²) in [5.74, 6) is 3.40. The van der Waals surface area contributed by atoms with Gasteiger partial charge in [-0.2, -0.15) is 25.5 Å². The van der Waals surface area contributed by atoms with Crippen LogP contribution < -0.4 is 27.5 Å². The number of ether oxygens (including phenoxy) is 7. The second-order valence-corrected chi connectivity index (χ2v) is 35.4. The summed E-state index contributed by atoms with van der Waals surface area (Å²) in [6, 6.07) is 7.34. The molecular formula is C56H75N6O30P3S6. The Kier molecular flexibility index (Phi) is 31.9. The molecule has 0 spiro atoms. The summed E-state index contributed by atoms with van der Waals surface area (Å²) < 4.78 is 163. The minimum absolute atomic E-state index is 0.00111. The van der Waals surface area contributed by atoms with Crippen LogP contribution in [0.3, 0.4) is 0 Å². The number of fused-ring (bicyclic) bond motifs is 2. The molecule has 1 saturated heterocycles. The number of rotatable bonds is 41. The first-order chi connectivity index (χ1) is 47.3. The summed E-state index contributed by atoms with van der Waals surface area (Å²) in [5.41, 5.74) is 9.94. The summed E-state index contributed by atoms with van der Waals surface area (Å²) in [4.78, 5) is 100. The van der Waals surface area contributed by atoms with Crippen LogP contribution in [-0.4, -0.2) is 192 Å². The molecule has 2 aromatic rings. The number of phosphoric acid groups is 3. The van der Waals surface area contributed by atoms with Crippen LogP contribution in [0.25, 0.3) is 33.4 Å². The number of carbonyl (C=O) groups is 5. The van der Waals surface area contributed by atoms with E-state index in [1.165, 1.54) is 41.3 Å². The number of phosphoric ester groups is 1. The van der Waals surface area contributed by atoms with Gasteiger partial charge in [0.2, 0.25) is 0 Å². The van der Waals surface area contributed by atoms with E-state index in [1.54, 1.807) is 10.8 Å². The third kappa shape index (κ3) is 26.6. The predicted octanol–water partition coefficient (Wildman–Crippen LogP) is 5.91. The highest BCUT2D eigenvalue weighted by atomic mass is 33.1. The highest BCUT2D eigenvalue weighted by Crippen LogP contribution is 2.66. The lowest BCUT2D eigenvalue weighted by atomic mass is 9.88. The zero-order valence-corrected chi connectivity index (χ0v) is 61.6. The van der Waals surface area contributed by atoms with Crippen molar-refractivity contribution in [2.24, 2.45) is 5.73 Å². The van der Waals surface area contributed by atoms with Gasteiger partial charge in [-0.1, -0.05) is 55.9 Å². The topological polar surface area (TPSA) is 555 Å². The van der Waals surface area contributed by atoms with Crippen molar-refractivity contribution < 1.29 is 139 Å². The molecule has 0 aromatic heterocycles. The number of hydrogen-bond acceptors (Lipinski definition) is 29. The van der Waals surface area contributed by atoms with Gasteiger partial charge in [0.25, 0.3) is 20.2 Å². The van der Waals surface area contributed by atoms with E-state index in [2.05, 4.69) is 31.1 Å². The molecular weight excluding hydrogens is 1520 g/mol. The Balaban J connectivity index is 0.810. The molecule has 1 fully saturated rings. The fourth-order valence-corrected chi connectivity index (χ4v) is 16.8. The van der Waals surface area contributed by atoms with E-state index in [4.69, 9.17) is 80.0 Å². The zero-order chi connectivity index (χ0) is 74.7. The van der Waals surface area contributed by atoms with E-state index in [1.807, 2.05) is 20.8 Å². The molecule has 6 rings (SSSR count). The molecule has 2 aromatic carbocycles. The Labute approximate surface area is 593 Å². The van der Waals surface area contributed by atoms with Crippen molar-refractivity contribution >= 4 is 132 Å². The normalized spacial score (nSPS) is 18.2. The van der Waals surface area contributed by atoms with Crippen molar-refractivity contribution in [2.45, 2.75) is 111 Å². The van der Waals surface area contributed by atoms with Crippen LogP contribution >= 0.6 is 45.1 Å². The third-order valence-electron chi connectivity index (χ3n) is 14.1. The van der Waals surface area contributed by atoms with Gasteiger partial charge in [0.05, 0.1) is 80.3 Å². The van der Waals surface area contributed by atoms with Gasteiger partial charge in [-0.25, -0.2) is 28.1 Å². The monoisotopic (exact) mass is 1600 g/mol. The first-order valence-corrected chi connectivity index (χ1v) is 42.3. The summed E-state index contributed by atoms with van der Waals surface area (Å²) in [6.45, 7) is 6.32. The van der Waals surface area contributed by atoms with E-state index >= 15 is 0 Å². The number of ketones is 1. The number of esters is 1. The highest BCUT2D eigenvalue weighted by Gasteiger charge is 2.46. The summed E-state index contributed by atoms with van der Waals surface area (Å²) in [7, 11) is -25.0. The summed E-state index contributed by atoms with van der Waals surface area (Å²) in [5, 5.41) is 22.6. The number of anilines is 1. The number of unbranched alkanes of at least 4 members (excludes halogenated alkanes) is 1. The Bertz CT molecular complexity index is 4210. The number of carboxylic acids is 1. The summed E-state index contributed by atoms with van der Waals surface area (Å²) >= 11 is 5.33. The maximum Gasteiger partial charge on any atom is 0.490 e. The number of Topliss-reactive ketones (excluding diaryl/α,β-unsaturated/α-hetero) is 1. The number of nitrogens with one attached hydrogen (secondary N) is 3. The van der Waals surface area contributed by atoms with Crippen molar-refractivity contribution in [3.8, 4) is 34.3 Å². The number of nitrogens with zero attached hydrogens (tertiary/aromatic N) is 1. The lowest BCUT2D eigenvalue weighted by Crippen LogP contribution is -2.54. The molecule has 3 heterocycles. The van der Waals surface area contributed by atoms with Crippen LogP contribution in [-0.2, 0) is 106 Å². The smallest absolute Gasteiger partial charge is 0.478 e. The van der Waals surface area contributed by atoms with Crippen LogP contribution in [0.1, 0.15) is 92.9 Å². The van der Waals surface area contributed by atoms with E-state index in [-0.39, 0.29) is 122 Å². The van der Waals surface area contributed by atoms with Crippen LogP contribution in [0.15, 0.2) is 68.4 Å². The Hall–Kier alpha value is -5.36. The largest absolute Gasteiger partial charge is 0.490 e. The van der Waals surface area contributed by atoms with Crippen LogP contribution in [0.4, 0.5) is 15.3 Å². The predicted molar refractivity (Wildman–Crippen MR) is 366 cm³/mol. The van der Waals surface area contributed by atoms with E-state index in [9.17, 15) is 78.5 Å². The Morgan fingerprint density at radius 2 is 1.57 bits per heavy atom. The SMILES string of the molecule is CCS(=S)CO[C@H]1C[C@H](N2C=C(C#CCCC(=O)OCCCCOCSSC(C)(C)CCOC(=O)NCCOCCOCCCC(=O)c3ccc(C(=O)O)c(-c4c5ccc(=N)c(S(=O)(=O)O)c-5oc5c(S(=O)(=O)O)c(N)ccc45)c3)C(N)NC2=O)O[C@@H]1COP(=O)(O)OP(=O)(O)OP(=O)(O)O. The first kappa shape index (κ1) is 84.6.